The molecule has 2 N–H and O–H groups in total. The second kappa shape index (κ2) is 12.1. The van der Waals surface area contributed by atoms with Crippen molar-refractivity contribution >= 4 is 17.7 Å². The van der Waals surface area contributed by atoms with Gasteiger partial charge in [-0.25, -0.2) is 37.1 Å². The van der Waals surface area contributed by atoms with Gasteiger partial charge < -0.3 is 15.5 Å². The molecule has 3 aromatic heterocycles. The summed E-state index contributed by atoms with van der Waals surface area (Å²) in [5.41, 5.74) is -2.20. The standard InChI is InChI=1S/C29H36F6N10O3/c1-16-21(42-48-41-16)23(46)40-22(17-4-6-28(31,32)7-5-17)18-13-45-24(37-18)38-19(12-36-45)27(8-10-43(11-9-27)15-26(2,3)30)44-14-20(29(33,34)35)39-25(44)47/h12-13,17,20,22H,4-11,14-15H2,1-3H3,(H,39,47)(H,40,46)/t20-,22-/m0/s1. The first-order chi connectivity index (χ1) is 22.4. The molecule has 0 aromatic carbocycles. The van der Waals surface area contributed by atoms with Crippen molar-refractivity contribution in [1.29, 1.82) is 0 Å². The van der Waals surface area contributed by atoms with Gasteiger partial charge >= 0.3 is 12.2 Å². The second-order valence-corrected chi connectivity index (χ2v) is 13.6. The highest BCUT2D eigenvalue weighted by atomic mass is 19.4. The maximum Gasteiger partial charge on any atom is 0.410 e. The smallest absolute Gasteiger partial charge is 0.342 e. The van der Waals surface area contributed by atoms with Gasteiger partial charge in [-0.2, -0.15) is 18.3 Å². The molecule has 0 radical (unpaired) electrons. The van der Waals surface area contributed by atoms with Crippen LogP contribution in [0.15, 0.2) is 17.0 Å². The number of piperidine rings is 1. The summed E-state index contributed by atoms with van der Waals surface area (Å²) in [5.74, 6) is -3.87. The molecule has 1 aliphatic carbocycles. The number of aromatic nitrogens is 6. The van der Waals surface area contributed by atoms with E-state index < -0.39 is 59.8 Å². The van der Waals surface area contributed by atoms with Crippen LogP contribution in [0.1, 0.15) is 86.0 Å². The van der Waals surface area contributed by atoms with E-state index in [1.807, 2.05) is 10.2 Å². The number of imidazole rings is 1. The molecule has 13 nitrogen and oxygen atoms in total. The number of nitrogens with one attached hydrogen (secondary N) is 2. The molecule has 3 fully saturated rings. The summed E-state index contributed by atoms with van der Waals surface area (Å²) < 4.78 is 89.8. The van der Waals surface area contributed by atoms with Crippen LogP contribution in [0.3, 0.4) is 0 Å². The molecule has 48 heavy (non-hydrogen) atoms. The molecule has 3 aliphatic rings. The number of amides is 3. The Morgan fingerprint density at radius 3 is 2.38 bits per heavy atom. The van der Waals surface area contributed by atoms with Crippen LogP contribution in [0.5, 0.6) is 0 Å². The zero-order valence-electron chi connectivity index (χ0n) is 26.5. The highest BCUT2D eigenvalue weighted by Crippen LogP contribution is 2.43. The van der Waals surface area contributed by atoms with Crippen LogP contribution in [0.2, 0.25) is 0 Å². The number of halogens is 6. The van der Waals surface area contributed by atoms with Crippen molar-refractivity contribution < 1.29 is 40.6 Å². The molecule has 0 unspecified atom stereocenters. The lowest BCUT2D eigenvalue weighted by atomic mass is 9.81. The maximum atomic E-state index is 14.5. The van der Waals surface area contributed by atoms with Gasteiger partial charge in [-0.05, 0) is 57.5 Å². The quantitative estimate of drug-likeness (QED) is 0.335. The van der Waals surface area contributed by atoms with Gasteiger partial charge in [0.2, 0.25) is 5.92 Å². The molecule has 6 rings (SSSR count). The Hall–Kier alpha value is -4.03. The third-order valence-corrected chi connectivity index (χ3v) is 9.50. The number of likely N-dealkylation sites (tertiary alicyclic amines) is 1. The zero-order chi connectivity index (χ0) is 34.6. The van der Waals surface area contributed by atoms with E-state index in [1.54, 1.807) is 0 Å². The molecular formula is C29H36F6N10O3. The molecule has 19 heteroatoms. The highest BCUT2D eigenvalue weighted by Gasteiger charge is 2.54. The SMILES string of the molecule is Cc1nonc1C(=O)N[C@H](c1cn2ncc(C3(N4C[C@@H](C(F)(F)F)NC4=O)CCN(CC(C)(C)F)CC3)nc2n1)C1CCC(F)(F)CC1. The minimum absolute atomic E-state index is 0.0286. The third kappa shape index (κ3) is 6.78. The van der Waals surface area contributed by atoms with Crippen molar-refractivity contribution in [3.8, 4) is 0 Å². The van der Waals surface area contributed by atoms with Gasteiger partial charge in [-0.15, -0.1) is 0 Å². The number of hydrogen-bond donors (Lipinski definition) is 2. The number of fused-ring (bicyclic) bond motifs is 1. The van der Waals surface area contributed by atoms with Gasteiger partial charge in [0.05, 0.1) is 41.9 Å². The second-order valence-electron chi connectivity index (χ2n) is 13.6. The third-order valence-electron chi connectivity index (χ3n) is 9.50. The lowest BCUT2D eigenvalue weighted by Gasteiger charge is -2.46. The van der Waals surface area contributed by atoms with E-state index in [2.05, 4.69) is 35.3 Å². The largest absolute Gasteiger partial charge is 0.410 e. The first-order valence-corrected chi connectivity index (χ1v) is 15.7. The zero-order valence-corrected chi connectivity index (χ0v) is 26.5. The Morgan fingerprint density at radius 2 is 1.79 bits per heavy atom. The number of hydrogen-bond acceptors (Lipinski definition) is 9. The fourth-order valence-electron chi connectivity index (χ4n) is 7.01. The Labute approximate surface area is 270 Å². The summed E-state index contributed by atoms with van der Waals surface area (Å²) in [6, 6.07) is -3.85. The Kier molecular flexibility index (Phi) is 8.56. The molecule has 2 saturated heterocycles. The Morgan fingerprint density at radius 1 is 1.10 bits per heavy atom. The average Bonchev–Trinajstić information content (AvgIpc) is 3.73. The topological polar surface area (TPSA) is 147 Å². The Bertz CT molecular complexity index is 1650. The van der Waals surface area contributed by atoms with Crippen LogP contribution in [-0.2, 0) is 5.54 Å². The van der Waals surface area contributed by atoms with E-state index in [0.717, 1.165) is 4.90 Å². The highest BCUT2D eigenvalue weighted by molar-refractivity contribution is 5.93. The summed E-state index contributed by atoms with van der Waals surface area (Å²) in [7, 11) is 0. The van der Waals surface area contributed by atoms with Crippen LogP contribution in [-0.4, -0.2) is 102 Å². The average molecular weight is 687 g/mol. The molecule has 5 heterocycles. The van der Waals surface area contributed by atoms with Gasteiger partial charge in [-0.3, -0.25) is 9.69 Å². The van der Waals surface area contributed by atoms with Crippen LogP contribution < -0.4 is 10.6 Å². The molecule has 0 spiro atoms. The van der Waals surface area contributed by atoms with Gasteiger partial charge in [0, 0.05) is 32.5 Å². The fraction of sp³-hybridized carbons (Fsp3) is 0.690. The predicted octanol–water partition coefficient (Wildman–Crippen LogP) is 4.11. The van der Waals surface area contributed by atoms with E-state index in [9.17, 15) is 35.9 Å². The van der Waals surface area contributed by atoms with Crippen LogP contribution >= 0.6 is 0 Å². The number of carbonyl (C=O) groups excluding carboxylic acids is 2. The number of alkyl halides is 6. The molecule has 262 valence electrons. The Balaban J connectivity index is 1.35. The summed E-state index contributed by atoms with van der Waals surface area (Å²) in [6.07, 6.45) is -2.09. The van der Waals surface area contributed by atoms with Crippen LogP contribution in [0.25, 0.3) is 5.78 Å². The molecule has 3 amide bonds. The summed E-state index contributed by atoms with van der Waals surface area (Å²) >= 11 is 0. The first kappa shape index (κ1) is 33.9. The summed E-state index contributed by atoms with van der Waals surface area (Å²) in [6.45, 7) is 4.39. The molecule has 1 saturated carbocycles. The fourth-order valence-corrected chi connectivity index (χ4v) is 7.01. The van der Waals surface area contributed by atoms with E-state index in [1.165, 1.54) is 37.7 Å². The van der Waals surface area contributed by atoms with Crippen LogP contribution in [0, 0.1) is 12.8 Å². The number of aryl methyl sites for hydroxylation is 1. The van der Waals surface area contributed by atoms with Gasteiger partial charge in [0.25, 0.3) is 11.7 Å². The van der Waals surface area contributed by atoms with Crippen molar-refractivity contribution in [3.63, 3.8) is 0 Å². The molecule has 3 aromatic rings. The monoisotopic (exact) mass is 686 g/mol. The van der Waals surface area contributed by atoms with E-state index >= 15 is 0 Å². The maximum absolute atomic E-state index is 14.5. The van der Waals surface area contributed by atoms with Crippen molar-refractivity contribution in [1.82, 2.24) is 50.3 Å². The molecule has 0 bridgehead atoms. The van der Waals surface area contributed by atoms with E-state index in [0.29, 0.717) is 0 Å². The molecule has 2 aliphatic heterocycles. The van der Waals surface area contributed by atoms with E-state index in [4.69, 9.17) is 0 Å². The normalized spacial score (nSPS) is 23.0. The molecule has 2 atom stereocenters. The number of urea groups is 1. The number of rotatable bonds is 8. The van der Waals surface area contributed by atoms with E-state index in [-0.39, 0.29) is 86.7 Å². The van der Waals surface area contributed by atoms with Crippen molar-refractivity contribution in [2.75, 3.05) is 26.2 Å². The lowest BCUT2D eigenvalue weighted by Crippen LogP contribution is -2.56. The van der Waals surface area contributed by atoms with Gasteiger partial charge in [-0.1, -0.05) is 5.16 Å². The van der Waals surface area contributed by atoms with Crippen LogP contribution in [0.4, 0.5) is 31.1 Å². The number of nitrogens with zero attached hydrogens (tertiary/aromatic N) is 8. The summed E-state index contributed by atoms with van der Waals surface area (Å²) in [5, 5.41) is 16.5. The minimum Gasteiger partial charge on any atom is -0.342 e. The lowest BCUT2D eigenvalue weighted by molar-refractivity contribution is -0.151. The molecular weight excluding hydrogens is 650 g/mol. The predicted molar refractivity (Wildman–Crippen MR) is 155 cm³/mol. The van der Waals surface area contributed by atoms with Crippen molar-refractivity contribution in [2.24, 2.45) is 5.92 Å². The van der Waals surface area contributed by atoms with Gasteiger partial charge in [0.15, 0.2) is 5.69 Å². The summed E-state index contributed by atoms with van der Waals surface area (Å²) in [4.78, 5) is 38.5. The van der Waals surface area contributed by atoms with Crippen molar-refractivity contribution in [2.45, 2.75) is 94.7 Å². The first-order valence-electron chi connectivity index (χ1n) is 15.7. The van der Waals surface area contributed by atoms with Crippen molar-refractivity contribution in [3.05, 3.63) is 35.2 Å². The minimum atomic E-state index is -4.68. The number of carbonyl (C=O) groups is 2. The van der Waals surface area contributed by atoms with Gasteiger partial charge in [0.1, 0.15) is 17.4 Å².